The number of hydrogen-bond donors (Lipinski definition) is 2. The molecule has 0 fully saturated rings. The molecular weight excluding hydrogens is 589 g/mol. The van der Waals surface area contributed by atoms with Crippen LogP contribution in [-0.4, -0.2) is 51.4 Å². The van der Waals surface area contributed by atoms with Gasteiger partial charge in [0.1, 0.15) is 0 Å². The van der Waals surface area contributed by atoms with E-state index in [4.69, 9.17) is 14.2 Å². The molecule has 1 heterocycles. The van der Waals surface area contributed by atoms with Gasteiger partial charge in [-0.1, -0.05) is 0 Å². The molecule has 4 atom stereocenters. The average molecular weight is 626 g/mol. The summed E-state index contributed by atoms with van der Waals surface area (Å²) in [6.45, 7) is 5.38. The summed E-state index contributed by atoms with van der Waals surface area (Å²) in [5, 5.41) is 13.7. The van der Waals surface area contributed by atoms with Gasteiger partial charge >= 0.3 is 247 Å². The molecule has 0 bridgehead atoms. The van der Waals surface area contributed by atoms with Gasteiger partial charge in [-0.15, -0.1) is 0 Å². The number of thioether (sulfide) groups is 1. The van der Waals surface area contributed by atoms with Gasteiger partial charge in [0, 0.05) is 0 Å². The number of nitrogens with one attached hydrogen (secondary N) is 1. The van der Waals surface area contributed by atoms with Gasteiger partial charge in [-0.05, 0) is 0 Å². The Labute approximate surface area is 246 Å². The number of aliphatic carboxylic acids is 1. The van der Waals surface area contributed by atoms with Crippen molar-refractivity contribution < 1.29 is 28.9 Å². The molecule has 0 saturated heterocycles. The summed E-state index contributed by atoms with van der Waals surface area (Å²) in [6, 6.07) is 22.1. The fourth-order valence-electron chi connectivity index (χ4n) is 4.80. The molecule has 40 heavy (non-hydrogen) atoms. The average Bonchev–Trinajstić information content (AvgIpc) is 2.91. The second-order valence-corrected chi connectivity index (χ2v) is 14.8. The van der Waals surface area contributed by atoms with Crippen molar-refractivity contribution in [1.29, 1.82) is 0 Å². The minimum atomic E-state index is -1.52. The third-order valence-electron chi connectivity index (χ3n) is 6.51. The number of fused-ring (bicyclic) bond motifs is 1. The Morgan fingerprint density at radius 1 is 1.02 bits per heavy atom. The zero-order valence-corrected chi connectivity index (χ0v) is 26.3. The van der Waals surface area contributed by atoms with Crippen molar-refractivity contribution in [2.75, 3.05) is 19.5 Å². The maximum atomic E-state index is 12.5. The van der Waals surface area contributed by atoms with Crippen molar-refractivity contribution in [1.82, 2.24) is 0 Å². The Morgan fingerprint density at radius 3 is 2.30 bits per heavy atom. The summed E-state index contributed by atoms with van der Waals surface area (Å²) in [4.78, 5) is 25.7. The SMILES string of the molecule is COc1cccc(OC)c1C1CC(Sc2ccccc2)c2cc(CC([AsH]C(=O)OC(C)(C)C)C(=O)O)ccc2N1. The molecule has 212 valence electrons. The van der Waals surface area contributed by atoms with Gasteiger partial charge in [0.2, 0.25) is 0 Å². The number of carbonyl (C=O) groups is 2. The summed E-state index contributed by atoms with van der Waals surface area (Å²) in [6.07, 6.45) is 1.05. The fourth-order valence-corrected chi connectivity index (χ4v) is 8.38. The molecule has 7 nitrogen and oxygen atoms in total. The number of hydrogen-bond acceptors (Lipinski definition) is 7. The van der Waals surface area contributed by atoms with Gasteiger partial charge in [0.15, 0.2) is 0 Å². The van der Waals surface area contributed by atoms with Crippen LogP contribution in [0.1, 0.15) is 55.2 Å². The molecule has 1 aliphatic rings. The normalized spacial score (nSPS) is 17.5. The first-order valence-electron chi connectivity index (χ1n) is 13.1. The molecule has 3 aromatic rings. The van der Waals surface area contributed by atoms with Gasteiger partial charge < -0.3 is 0 Å². The molecule has 0 aliphatic carbocycles. The van der Waals surface area contributed by atoms with Crippen LogP contribution in [0.5, 0.6) is 11.5 Å². The maximum absolute atomic E-state index is 12.5. The number of carbonyl (C=O) groups excluding carboxylic acids is 1. The van der Waals surface area contributed by atoms with E-state index >= 15 is 0 Å². The summed E-state index contributed by atoms with van der Waals surface area (Å²) in [5.41, 5.74) is 3.32. The van der Waals surface area contributed by atoms with Crippen LogP contribution in [0.25, 0.3) is 0 Å². The number of carboxylic acid groups (broad SMARTS) is 1. The second-order valence-electron chi connectivity index (χ2n) is 10.6. The Balaban J connectivity index is 1.66. The van der Waals surface area contributed by atoms with E-state index in [-0.39, 0.29) is 22.5 Å². The molecule has 2 N–H and O–H groups in total. The molecular formula is C31H36AsNO6S. The van der Waals surface area contributed by atoms with Crippen LogP contribution in [0.2, 0.25) is 4.71 Å². The van der Waals surface area contributed by atoms with E-state index in [1.807, 2.05) is 48.5 Å². The Morgan fingerprint density at radius 2 is 1.70 bits per heavy atom. The number of anilines is 1. The van der Waals surface area contributed by atoms with Gasteiger partial charge in [-0.2, -0.15) is 0 Å². The number of methoxy groups -OCH3 is 2. The van der Waals surface area contributed by atoms with E-state index in [2.05, 4.69) is 23.5 Å². The van der Waals surface area contributed by atoms with E-state index in [9.17, 15) is 14.7 Å². The van der Waals surface area contributed by atoms with Crippen molar-refractivity contribution in [3.05, 3.63) is 83.4 Å². The first-order chi connectivity index (χ1) is 19.1. The van der Waals surface area contributed by atoms with Crippen molar-refractivity contribution in [3.63, 3.8) is 0 Å². The van der Waals surface area contributed by atoms with E-state index in [0.717, 1.165) is 45.2 Å². The van der Waals surface area contributed by atoms with Crippen LogP contribution in [0.3, 0.4) is 0 Å². The summed E-state index contributed by atoms with van der Waals surface area (Å²) in [7, 11) is 3.33. The Bertz CT molecular complexity index is 1320. The van der Waals surface area contributed by atoms with Crippen LogP contribution in [0.15, 0.2) is 71.6 Å². The van der Waals surface area contributed by atoms with Crippen molar-refractivity contribution in [2.45, 2.75) is 60.1 Å². The monoisotopic (exact) mass is 625 g/mol. The molecule has 0 spiro atoms. The Hall–Kier alpha value is -3.09. The first kappa shape index (κ1) is 29.9. The summed E-state index contributed by atoms with van der Waals surface area (Å²) in [5.74, 6) is 0.563. The van der Waals surface area contributed by atoms with E-state index in [1.165, 1.54) is 0 Å². The number of benzene rings is 3. The third kappa shape index (κ3) is 7.55. The van der Waals surface area contributed by atoms with Crippen molar-refractivity contribution >= 4 is 43.9 Å². The number of ether oxygens (including phenoxy) is 3. The second kappa shape index (κ2) is 13.0. The molecule has 1 aliphatic heterocycles. The van der Waals surface area contributed by atoms with E-state index in [0.29, 0.717) is 0 Å². The fraction of sp³-hybridized carbons (Fsp3) is 0.355. The van der Waals surface area contributed by atoms with Crippen molar-refractivity contribution in [2.24, 2.45) is 0 Å². The number of carboxylic acids is 1. The summed E-state index contributed by atoms with van der Waals surface area (Å²) >= 11 is 0.259. The first-order valence-corrected chi connectivity index (χ1v) is 16.3. The van der Waals surface area contributed by atoms with Gasteiger partial charge in [-0.25, -0.2) is 0 Å². The molecule has 0 saturated carbocycles. The van der Waals surface area contributed by atoms with Gasteiger partial charge in [-0.3, -0.25) is 0 Å². The predicted molar refractivity (Wildman–Crippen MR) is 160 cm³/mol. The molecule has 0 aromatic heterocycles. The topological polar surface area (TPSA) is 94.1 Å². The van der Waals surface area contributed by atoms with Crippen LogP contribution < -0.4 is 14.8 Å². The van der Waals surface area contributed by atoms with Crippen LogP contribution in [-0.2, 0) is 16.0 Å². The van der Waals surface area contributed by atoms with Crippen molar-refractivity contribution in [3.8, 4) is 11.5 Å². The van der Waals surface area contributed by atoms with Crippen LogP contribution >= 0.6 is 11.8 Å². The van der Waals surface area contributed by atoms with E-state index in [1.54, 1.807) is 46.8 Å². The minimum absolute atomic E-state index is 0.0590. The zero-order chi connectivity index (χ0) is 28.9. The van der Waals surface area contributed by atoms with Crippen LogP contribution in [0.4, 0.5) is 10.5 Å². The van der Waals surface area contributed by atoms with Gasteiger partial charge in [0.05, 0.1) is 0 Å². The quantitative estimate of drug-likeness (QED) is 0.236. The third-order valence-corrected chi connectivity index (χ3v) is 10.2. The standard InChI is InChI=1S/C31H36AsNO6S/c1-31(2,3)39-30(36)32-22(29(34)35)17-19-14-15-23-21(16-19)27(40-20-10-7-6-8-11-20)18-24(33-23)28-25(37-4)12-9-13-26(28)38-5/h6-16,22,24,27,32-33H,17-18H2,1-5H3,(H,34,35). The molecule has 4 rings (SSSR count). The Kier molecular flexibility index (Phi) is 9.75. The zero-order valence-electron chi connectivity index (χ0n) is 23.4. The van der Waals surface area contributed by atoms with Crippen LogP contribution in [0, 0.1) is 0 Å². The summed E-state index contributed by atoms with van der Waals surface area (Å²) < 4.78 is 15.7. The molecule has 3 aromatic carbocycles. The van der Waals surface area contributed by atoms with Gasteiger partial charge in [0.25, 0.3) is 0 Å². The molecule has 4 unspecified atom stereocenters. The molecule has 9 heteroatoms. The van der Waals surface area contributed by atoms with E-state index < -0.39 is 32.0 Å². The molecule has 0 radical (unpaired) electrons. The predicted octanol–water partition coefficient (Wildman–Crippen LogP) is 6.88. The molecule has 0 amide bonds. The number of rotatable bonds is 10.